The van der Waals surface area contributed by atoms with Gasteiger partial charge in [-0.05, 0) is 73.9 Å². The van der Waals surface area contributed by atoms with Crippen molar-refractivity contribution in [3.63, 3.8) is 0 Å². The average molecular weight is 541 g/mol. The fourth-order valence-electron chi connectivity index (χ4n) is 6.57. The molecule has 2 N–H and O–H groups in total. The van der Waals surface area contributed by atoms with Crippen LogP contribution in [0.5, 0.6) is 0 Å². The maximum Gasteiger partial charge on any atom is 0.305 e. The Kier molecular flexibility index (Phi) is 10.6. The number of esters is 1. The summed E-state index contributed by atoms with van der Waals surface area (Å²) in [6.07, 6.45) is 11.4. The lowest BCUT2D eigenvalue weighted by Crippen LogP contribution is -2.43. The second-order valence-corrected chi connectivity index (χ2v) is 12.6. The third-order valence-electron chi connectivity index (χ3n) is 9.02. The zero-order valence-electron chi connectivity index (χ0n) is 22.8. The van der Waals surface area contributed by atoms with E-state index in [1.807, 2.05) is 0 Å². The number of ketones is 1. The van der Waals surface area contributed by atoms with Gasteiger partial charge in [-0.15, -0.1) is 11.3 Å². The highest BCUT2D eigenvalue weighted by molar-refractivity contribution is 7.09. The number of carbonyl (C=O) groups is 2. The topological polar surface area (TPSA) is 83.8 Å². The molecule has 2 aliphatic rings. The molecule has 5 nitrogen and oxygen atoms in total. The molecular formula is C32H44O5S. The Labute approximate surface area is 231 Å². The molecule has 1 aromatic heterocycles. The van der Waals surface area contributed by atoms with Crippen LogP contribution in [0.25, 0.3) is 0 Å². The molecule has 1 aromatic carbocycles. The predicted molar refractivity (Wildman–Crippen MR) is 151 cm³/mol. The minimum atomic E-state index is -0.616. The van der Waals surface area contributed by atoms with Crippen molar-refractivity contribution < 1.29 is 24.5 Å². The Balaban J connectivity index is 1.24. The fraction of sp³-hybridized carbons (Fsp3) is 0.625. The molecule has 6 heteroatoms. The molecule has 208 valence electrons. The minimum absolute atomic E-state index is 0.0657. The molecule has 0 bridgehead atoms. The Morgan fingerprint density at radius 1 is 1.11 bits per heavy atom. The van der Waals surface area contributed by atoms with Gasteiger partial charge in [0.25, 0.3) is 0 Å². The van der Waals surface area contributed by atoms with Crippen molar-refractivity contribution in [1.82, 2.24) is 0 Å². The van der Waals surface area contributed by atoms with E-state index >= 15 is 0 Å². The van der Waals surface area contributed by atoms with Crippen LogP contribution in [0.15, 0.2) is 41.8 Å². The van der Waals surface area contributed by atoms with Crippen molar-refractivity contribution in [2.45, 2.75) is 108 Å². The lowest BCUT2D eigenvalue weighted by molar-refractivity contribution is -0.140. The molecule has 4 rings (SSSR count). The quantitative estimate of drug-likeness (QED) is 0.202. The van der Waals surface area contributed by atoms with E-state index in [4.69, 9.17) is 0 Å². The molecule has 0 saturated heterocycles. The van der Waals surface area contributed by atoms with Gasteiger partial charge in [-0.2, -0.15) is 0 Å². The number of aryl methyl sites for hydroxylation is 1. The summed E-state index contributed by atoms with van der Waals surface area (Å²) < 4.78 is 4.68. The van der Waals surface area contributed by atoms with E-state index in [0.29, 0.717) is 6.42 Å². The van der Waals surface area contributed by atoms with Gasteiger partial charge in [0, 0.05) is 35.0 Å². The maximum absolute atomic E-state index is 12.7. The van der Waals surface area contributed by atoms with Gasteiger partial charge in [0.2, 0.25) is 0 Å². The SMILES string of the molecule is COC(=O)CCCCCC[C@H]1C(=O)C[C@@H](O)[C@H]1c1ccc(CCCC(O)C2(Cc3cccs3)CCC2)cc1. The fourth-order valence-corrected chi connectivity index (χ4v) is 7.43. The van der Waals surface area contributed by atoms with E-state index in [0.717, 1.165) is 76.2 Å². The summed E-state index contributed by atoms with van der Waals surface area (Å²) in [6, 6.07) is 12.7. The molecule has 0 amide bonds. The summed E-state index contributed by atoms with van der Waals surface area (Å²) in [7, 11) is 1.41. The van der Waals surface area contributed by atoms with Gasteiger partial charge in [0.15, 0.2) is 0 Å². The Hall–Kier alpha value is -2.02. The van der Waals surface area contributed by atoms with Crippen LogP contribution in [0, 0.1) is 11.3 Å². The number of unbranched alkanes of at least 4 members (excludes halogenated alkanes) is 3. The van der Waals surface area contributed by atoms with Crippen LogP contribution in [0.4, 0.5) is 0 Å². The number of carbonyl (C=O) groups excluding carboxylic acids is 2. The Morgan fingerprint density at radius 2 is 1.87 bits per heavy atom. The predicted octanol–water partition coefficient (Wildman–Crippen LogP) is 6.39. The van der Waals surface area contributed by atoms with Crippen LogP contribution in [-0.4, -0.2) is 41.3 Å². The smallest absolute Gasteiger partial charge is 0.305 e. The van der Waals surface area contributed by atoms with Crippen molar-refractivity contribution >= 4 is 23.1 Å². The number of hydrogen-bond acceptors (Lipinski definition) is 6. The molecule has 0 spiro atoms. The lowest BCUT2D eigenvalue weighted by atomic mass is 9.62. The molecule has 0 radical (unpaired) electrons. The minimum Gasteiger partial charge on any atom is -0.469 e. The summed E-state index contributed by atoms with van der Waals surface area (Å²) in [6.45, 7) is 0. The van der Waals surface area contributed by atoms with Crippen LogP contribution in [0.1, 0.15) is 99.0 Å². The van der Waals surface area contributed by atoms with E-state index in [-0.39, 0.29) is 41.5 Å². The van der Waals surface area contributed by atoms with Crippen molar-refractivity contribution in [2.75, 3.05) is 7.11 Å². The first-order valence-electron chi connectivity index (χ1n) is 14.5. The molecule has 2 fully saturated rings. The number of hydrogen-bond donors (Lipinski definition) is 2. The first-order chi connectivity index (χ1) is 18.4. The van der Waals surface area contributed by atoms with Gasteiger partial charge < -0.3 is 14.9 Å². The first-order valence-corrected chi connectivity index (χ1v) is 15.4. The second kappa shape index (κ2) is 13.9. The summed E-state index contributed by atoms with van der Waals surface area (Å²) in [5, 5.41) is 23.8. The third kappa shape index (κ3) is 7.34. The number of thiophene rings is 1. The van der Waals surface area contributed by atoms with E-state index < -0.39 is 6.10 Å². The van der Waals surface area contributed by atoms with Crippen molar-refractivity contribution in [2.24, 2.45) is 11.3 Å². The van der Waals surface area contributed by atoms with Gasteiger partial charge in [0.1, 0.15) is 5.78 Å². The first kappa shape index (κ1) is 29.0. The monoisotopic (exact) mass is 540 g/mol. The van der Waals surface area contributed by atoms with Crippen molar-refractivity contribution in [1.29, 1.82) is 0 Å². The largest absolute Gasteiger partial charge is 0.469 e. The molecule has 0 aliphatic heterocycles. The zero-order chi connectivity index (χ0) is 27.0. The molecule has 38 heavy (non-hydrogen) atoms. The summed E-state index contributed by atoms with van der Waals surface area (Å²) in [4.78, 5) is 25.3. The Bertz CT molecular complexity index is 1010. The van der Waals surface area contributed by atoms with Gasteiger partial charge in [0.05, 0.1) is 19.3 Å². The van der Waals surface area contributed by atoms with E-state index in [9.17, 15) is 19.8 Å². The van der Waals surface area contributed by atoms with Crippen molar-refractivity contribution in [3.8, 4) is 0 Å². The number of rotatable bonds is 15. The lowest BCUT2D eigenvalue weighted by Gasteiger charge is -2.45. The number of aliphatic hydroxyl groups is 2. The van der Waals surface area contributed by atoms with E-state index in [1.165, 1.54) is 24.0 Å². The van der Waals surface area contributed by atoms with Crippen LogP contribution in [0.3, 0.4) is 0 Å². The van der Waals surface area contributed by atoms with Gasteiger partial charge in [-0.3, -0.25) is 9.59 Å². The maximum atomic E-state index is 12.7. The van der Waals surface area contributed by atoms with Crippen LogP contribution in [0.2, 0.25) is 0 Å². The molecule has 2 aliphatic carbocycles. The molecule has 2 aromatic rings. The normalized spacial score (nSPS) is 23.2. The van der Waals surface area contributed by atoms with Crippen LogP contribution < -0.4 is 0 Å². The average Bonchev–Trinajstić information content (AvgIpc) is 3.50. The number of methoxy groups -OCH3 is 1. The highest BCUT2D eigenvalue weighted by atomic mass is 32.1. The zero-order valence-corrected chi connectivity index (χ0v) is 23.6. The molecule has 2 saturated carbocycles. The third-order valence-corrected chi connectivity index (χ3v) is 9.89. The van der Waals surface area contributed by atoms with Crippen LogP contribution in [-0.2, 0) is 27.2 Å². The highest BCUT2D eigenvalue weighted by Gasteiger charge is 2.43. The highest BCUT2D eigenvalue weighted by Crippen LogP contribution is 2.48. The van der Waals surface area contributed by atoms with Gasteiger partial charge >= 0.3 is 5.97 Å². The van der Waals surface area contributed by atoms with E-state index in [2.05, 4.69) is 46.5 Å². The summed E-state index contributed by atoms with van der Waals surface area (Å²) >= 11 is 1.79. The number of Topliss-reactive ketones (excluding diaryl/α,β-unsaturated/α-hetero) is 1. The summed E-state index contributed by atoms with van der Waals surface area (Å²) in [5.74, 6) is -0.268. The standard InChI is InChI=1S/C32H44O5S/c1-37-30(36)13-5-3-2-4-11-26-27(33)21-28(34)31(26)24-16-14-23(15-17-24)9-6-12-29(35)32(18-8-19-32)22-25-10-7-20-38-25/h7,10,14-17,20,26,28-29,31,34-35H,2-6,8-9,11-13,18-19,21-22H2,1H3/t26-,28+,29?,31-/m0/s1. The number of benzene rings is 1. The molecule has 1 heterocycles. The molecule has 4 atom stereocenters. The number of aliphatic hydroxyl groups excluding tert-OH is 2. The van der Waals surface area contributed by atoms with Gasteiger partial charge in [-0.1, -0.05) is 56.0 Å². The Morgan fingerprint density at radius 3 is 2.53 bits per heavy atom. The second-order valence-electron chi connectivity index (χ2n) is 11.5. The molecule has 1 unspecified atom stereocenters. The number of ether oxygens (including phenoxy) is 1. The van der Waals surface area contributed by atoms with Crippen LogP contribution >= 0.6 is 11.3 Å². The van der Waals surface area contributed by atoms with E-state index in [1.54, 1.807) is 11.3 Å². The van der Waals surface area contributed by atoms with Crippen molar-refractivity contribution in [3.05, 3.63) is 57.8 Å². The summed E-state index contributed by atoms with van der Waals surface area (Å²) in [5.41, 5.74) is 2.35. The van der Waals surface area contributed by atoms with Gasteiger partial charge in [-0.25, -0.2) is 0 Å². The molecular weight excluding hydrogens is 496 g/mol.